The fourth-order valence-corrected chi connectivity index (χ4v) is 5.96. The summed E-state index contributed by atoms with van der Waals surface area (Å²) in [5.74, 6) is 0.00800. The van der Waals surface area contributed by atoms with Crippen LogP contribution < -0.4 is 11.1 Å². The third kappa shape index (κ3) is 6.23. The van der Waals surface area contributed by atoms with E-state index in [4.69, 9.17) is 17.3 Å². The second kappa shape index (κ2) is 10.9. The highest BCUT2D eigenvalue weighted by atomic mass is 35.5. The van der Waals surface area contributed by atoms with E-state index in [0.29, 0.717) is 35.5 Å². The second-order valence-electron chi connectivity index (χ2n) is 10.1. The normalized spacial score (nSPS) is 18.8. The van der Waals surface area contributed by atoms with Gasteiger partial charge in [-0.05, 0) is 86.9 Å². The average molecular weight is 518 g/mol. The zero-order valence-corrected chi connectivity index (χ0v) is 22.4. The Morgan fingerprint density at radius 3 is 2.66 bits per heavy atom. The Hall–Kier alpha value is -2.00. The van der Waals surface area contributed by atoms with Gasteiger partial charge in [0.1, 0.15) is 5.15 Å². The van der Waals surface area contributed by atoms with Gasteiger partial charge >= 0.3 is 0 Å². The highest BCUT2D eigenvalue weighted by Gasteiger charge is 2.49. The molecule has 1 aliphatic heterocycles. The molecule has 9 heteroatoms. The van der Waals surface area contributed by atoms with Gasteiger partial charge in [-0.3, -0.25) is 9.59 Å². The summed E-state index contributed by atoms with van der Waals surface area (Å²) < 4.78 is 0. The van der Waals surface area contributed by atoms with Crippen molar-refractivity contribution >= 4 is 34.8 Å². The van der Waals surface area contributed by atoms with Crippen molar-refractivity contribution in [3.8, 4) is 0 Å². The van der Waals surface area contributed by atoms with Gasteiger partial charge < -0.3 is 20.9 Å². The van der Waals surface area contributed by atoms with Crippen LogP contribution in [0.1, 0.15) is 66.2 Å². The van der Waals surface area contributed by atoms with Crippen LogP contribution in [0.4, 0.5) is 0 Å². The van der Waals surface area contributed by atoms with Gasteiger partial charge in [0.2, 0.25) is 5.91 Å². The second-order valence-corrected chi connectivity index (χ2v) is 11.3. The van der Waals surface area contributed by atoms with Gasteiger partial charge in [0, 0.05) is 38.3 Å². The Labute approximate surface area is 217 Å². The molecule has 0 unspecified atom stereocenters. The first kappa shape index (κ1) is 26.1. The summed E-state index contributed by atoms with van der Waals surface area (Å²) in [5.41, 5.74) is 8.93. The predicted octanol–water partition coefficient (Wildman–Crippen LogP) is 3.91. The number of hydrogen-bond donors (Lipinski definition) is 2. The number of halogens is 1. The van der Waals surface area contributed by atoms with E-state index in [0.717, 1.165) is 50.8 Å². The predicted molar refractivity (Wildman–Crippen MR) is 141 cm³/mol. The number of rotatable bonds is 9. The SMILES string of the molecule is Cc1cc(Cl)nc(C)c1C(=O)NCC[C@@H](C)N1CCC(N(Cc2ccsc2)C(=O)C2(N)CC2)CC1. The summed E-state index contributed by atoms with van der Waals surface area (Å²) in [4.78, 5) is 34.6. The molecule has 2 aliphatic rings. The lowest BCUT2D eigenvalue weighted by molar-refractivity contribution is -0.137. The number of carbonyl (C=O) groups excluding carboxylic acids is 2. The lowest BCUT2D eigenvalue weighted by atomic mass is 9.99. The molecular formula is C26H36ClN5O2S. The summed E-state index contributed by atoms with van der Waals surface area (Å²) in [6.07, 6.45) is 4.32. The highest BCUT2D eigenvalue weighted by molar-refractivity contribution is 7.07. The van der Waals surface area contributed by atoms with Crippen molar-refractivity contribution in [2.45, 2.75) is 77.0 Å². The Morgan fingerprint density at radius 1 is 1.34 bits per heavy atom. The van der Waals surface area contributed by atoms with E-state index in [1.54, 1.807) is 17.4 Å². The fraction of sp³-hybridized carbons (Fsp3) is 0.577. The van der Waals surface area contributed by atoms with E-state index in [1.165, 1.54) is 5.56 Å². The molecule has 7 nitrogen and oxygen atoms in total. The molecule has 1 saturated heterocycles. The van der Waals surface area contributed by atoms with E-state index in [2.05, 4.69) is 39.0 Å². The number of hydrogen-bond acceptors (Lipinski definition) is 6. The van der Waals surface area contributed by atoms with Gasteiger partial charge in [-0.25, -0.2) is 4.98 Å². The molecule has 3 heterocycles. The number of nitrogens with one attached hydrogen (secondary N) is 1. The lowest BCUT2D eigenvalue weighted by Crippen LogP contribution is -2.53. The number of aryl methyl sites for hydroxylation is 2. The van der Waals surface area contributed by atoms with Gasteiger partial charge in [-0.2, -0.15) is 11.3 Å². The van der Waals surface area contributed by atoms with Crippen molar-refractivity contribution in [2.24, 2.45) is 5.73 Å². The number of amides is 2. The minimum absolute atomic E-state index is 0.103. The Morgan fingerprint density at radius 2 is 2.06 bits per heavy atom. The molecule has 2 aromatic rings. The number of piperidine rings is 1. The van der Waals surface area contributed by atoms with Gasteiger partial charge in [-0.15, -0.1) is 0 Å². The van der Waals surface area contributed by atoms with Gasteiger partial charge in [0.05, 0.1) is 16.8 Å². The standard InChI is InChI=1S/C26H36ClN5O2S/c1-17-14-22(27)30-19(3)23(17)24(33)29-10-4-18(2)31-11-5-21(6-12-31)32(15-20-7-13-35-16-20)25(34)26(28)8-9-26/h7,13-14,16,18,21H,4-6,8-12,15,28H2,1-3H3,(H,29,33)/t18-/m1/s1. The molecule has 1 saturated carbocycles. The monoisotopic (exact) mass is 517 g/mol. The number of nitrogens with two attached hydrogens (primary N) is 1. The van der Waals surface area contributed by atoms with Crippen LogP contribution in [0.2, 0.25) is 5.15 Å². The fourth-order valence-electron chi connectivity index (χ4n) is 5.01. The number of likely N-dealkylation sites (tertiary alicyclic amines) is 1. The van der Waals surface area contributed by atoms with Crippen LogP contribution in [0.25, 0.3) is 0 Å². The molecular weight excluding hydrogens is 482 g/mol. The molecule has 1 atom stereocenters. The molecule has 4 rings (SSSR count). The van der Waals surface area contributed by atoms with Gasteiger partial charge in [0.15, 0.2) is 0 Å². The number of thiophene rings is 1. The minimum atomic E-state index is -0.644. The van der Waals surface area contributed by atoms with Crippen LogP contribution in [-0.4, -0.2) is 63.9 Å². The first-order valence-corrected chi connectivity index (χ1v) is 13.8. The van der Waals surface area contributed by atoms with Crippen molar-refractivity contribution in [3.05, 3.63) is 50.4 Å². The molecule has 0 aromatic carbocycles. The smallest absolute Gasteiger partial charge is 0.253 e. The Kier molecular flexibility index (Phi) is 8.16. The first-order chi connectivity index (χ1) is 16.7. The number of nitrogens with zero attached hydrogens (tertiary/aromatic N) is 3. The van der Waals surface area contributed by atoms with E-state index in [1.807, 2.05) is 18.7 Å². The third-order valence-electron chi connectivity index (χ3n) is 7.41. The van der Waals surface area contributed by atoms with Crippen molar-refractivity contribution in [1.29, 1.82) is 0 Å². The quantitative estimate of drug-likeness (QED) is 0.492. The van der Waals surface area contributed by atoms with Crippen LogP contribution >= 0.6 is 22.9 Å². The Bertz CT molecular complexity index is 1030. The van der Waals surface area contributed by atoms with Crippen molar-refractivity contribution in [2.75, 3.05) is 19.6 Å². The van der Waals surface area contributed by atoms with E-state index in [9.17, 15) is 9.59 Å². The van der Waals surface area contributed by atoms with Crippen molar-refractivity contribution in [3.63, 3.8) is 0 Å². The van der Waals surface area contributed by atoms with E-state index >= 15 is 0 Å². The molecule has 2 fully saturated rings. The van der Waals surface area contributed by atoms with Crippen molar-refractivity contribution < 1.29 is 9.59 Å². The third-order valence-corrected chi connectivity index (χ3v) is 8.34. The summed E-state index contributed by atoms with van der Waals surface area (Å²) in [5, 5.41) is 7.63. The Balaban J connectivity index is 1.27. The van der Waals surface area contributed by atoms with Gasteiger partial charge in [-0.1, -0.05) is 11.6 Å². The maximum Gasteiger partial charge on any atom is 0.253 e. The highest BCUT2D eigenvalue weighted by Crippen LogP contribution is 2.36. The minimum Gasteiger partial charge on any atom is -0.352 e. The van der Waals surface area contributed by atoms with Crippen LogP contribution in [0.3, 0.4) is 0 Å². The summed E-state index contributed by atoms with van der Waals surface area (Å²) in [7, 11) is 0. The van der Waals surface area contributed by atoms with Crippen LogP contribution in [0, 0.1) is 13.8 Å². The number of pyridine rings is 1. The maximum atomic E-state index is 13.2. The zero-order valence-electron chi connectivity index (χ0n) is 20.8. The largest absolute Gasteiger partial charge is 0.352 e. The molecule has 0 radical (unpaired) electrons. The molecule has 35 heavy (non-hydrogen) atoms. The van der Waals surface area contributed by atoms with Crippen molar-refractivity contribution in [1.82, 2.24) is 20.1 Å². The van der Waals surface area contributed by atoms with E-state index in [-0.39, 0.29) is 17.9 Å². The average Bonchev–Trinajstić information content (AvgIpc) is 3.35. The molecule has 2 aromatic heterocycles. The summed E-state index contributed by atoms with van der Waals surface area (Å²) >= 11 is 7.65. The zero-order chi connectivity index (χ0) is 25.2. The molecule has 1 aliphatic carbocycles. The molecule has 0 spiro atoms. The summed E-state index contributed by atoms with van der Waals surface area (Å²) in [6, 6.07) is 4.37. The first-order valence-electron chi connectivity index (χ1n) is 12.4. The van der Waals surface area contributed by atoms with Crippen LogP contribution in [0.5, 0.6) is 0 Å². The van der Waals surface area contributed by atoms with Gasteiger partial charge in [0.25, 0.3) is 5.91 Å². The molecule has 3 N–H and O–H groups in total. The van der Waals surface area contributed by atoms with E-state index < -0.39 is 5.54 Å². The molecule has 190 valence electrons. The molecule has 0 bridgehead atoms. The van der Waals surface area contributed by atoms with Crippen LogP contribution in [-0.2, 0) is 11.3 Å². The topological polar surface area (TPSA) is 91.6 Å². The summed E-state index contributed by atoms with van der Waals surface area (Å²) in [6.45, 7) is 9.01. The molecule has 2 amide bonds. The van der Waals surface area contributed by atoms with Crippen LogP contribution in [0.15, 0.2) is 22.9 Å². The number of aromatic nitrogens is 1. The lowest BCUT2D eigenvalue weighted by Gasteiger charge is -2.41. The number of carbonyl (C=O) groups is 2. The maximum absolute atomic E-state index is 13.2.